The lowest BCUT2D eigenvalue weighted by molar-refractivity contribution is -0.118. The van der Waals surface area contributed by atoms with E-state index in [-0.39, 0.29) is 11.7 Å². The Morgan fingerprint density at radius 2 is 1.84 bits per heavy atom. The zero-order chi connectivity index (χ0) is 13.4. The second kappa shape index (κ2) is 5.28. The van der Waals surface area contributed by atoms with Crippen molar-refractivity contribution in [1.29, 1.82) is 0 Å². The quantitative estimate of drug-likeness (QED) is 0.742. The van der Waals surface area contributed by atoms with Gasteiger partial charge < -0.3 is 0 Å². The first-order valence-electron chi connectivity index (χ1n) is 7.49. The maximum Gasteiger partial charge on any atom is 0.137 e. The Labute approximate surface area is 120 Å². The number of fused-ring (bicyclic) bond motifs is 1. The molecule has 0 amide bonds. The number of hydrogen-bond donors (Lipinski definition) is 0. The van der Waals surface area contributed by atoms with E-state index < -0.39 is 0 Å². The molecule has 0 heterocycles. The van der Waals surface area contributed by atoms with Crippen LogP contribution < -0.4 is 0 Å². The van der Waals surface area contributed by atoms with Crippen LogP contribution in [0.1, 0.15) is 74.0 Å². The molecule has 1 atom stereocenters. The number of ketones is 1. The van der Waals surface area contributed by atoms with Crippen LogP contribution in [0.5, 0.6) is 0 Å². The highest BCUT2D eigenvalue weighted by Gasteiger charge is 2.28. The van der Waals surface area contributed by atoms with Gasteiger partial charge in [0.15, 0.2) is 0 Å². The van der Waals surface area contributed by atoms with Crippen molar-refractivity contribution < 1.29 is 4.79 Å². The van der Waals surface area contributed by atoms with Crippen LogP contribution in [0.25, 0.3) is 0 Å². The normalized spacial score (nSPS) is 23.4. The molecule has 1 aromatic rings. The van der Waals surface area contributed by atoms with Crippen molar-refractivity contribution in [2.75, 3.05) is 0 Å². The van der Waals surface area contributed by atoms with Crippen LogP contribution in [0.4, 0.5) is 0 Å². The third-order valence-corrected chi connectivity index (χ3v) is 5.20. The predicted octanol–water partition coefficient (Wildman–Crippen LogP) is 5.01. The minimum atomic E-state index is 0.0907. The molecule has 1 aromatic carbocycles. The van der Waals surface area contributed by atoms with Gasteiger partial charge in [-0.2, -0.15) is 0 Å². The smallest absolute Gasteiger partial charge is 0.137 e. The Hall–Kier alpha value is -0.820. The Morgan fingerprint density at radius 3 is 2.53 bits per heavy atom. The van der Waals surface area contributed by atoms with Gasteiger partial charge in [-0.05, 0) is 61.3 Å². The molecule has 1 nitrogen and oxygen atoms in total. The fourth-order valence-corrected chi connectivity index (χ4v) is 4.12. The zero-order valence-electron chi connectivity index (χ0n) is 11.5. The molecule has 0 spiro atoms. The third kappa shape index (κ3) is 2.45. The first-order chi connectivity index (χ1) is 9.16. The molecule has 2 aliphatic rings. The maximum absolute atomic E-state index is 11.7. The van der Waals surface area contributed by atoms with Crippen molar-refractivity contribution in [3.05, 3.63) is 33.8 Å². The molecule has 0 aromatic heterocycles. The monoisotopic (exact) mass is 276 g/mol. The van der Waals surface area contributed by atoms with E-state index in [0.717, 1.165) is 17.9 Å². The Balaban J connectivity index is 1.94. The summed E-state index contributed by atoms with van der Waals surface area (Å²) in [7, 11) is 0. The second-order valence-corrected chi connectivity index (χ2v) is 6.52. The third-order valence-electron chi connectivity index (χ3n) is 4.87. The molecule has 2 heteroatoms. The SMILES string of the molecule is CC(=O)C1CCc2cc(C3CCCCC3)c(Cl)cc21. The molecule has 102 valence electrons. The lowest BCUT2D eigenvalue weighted by Crippen LogP contribution is -2.07. The summed E-state index contributed by atoms with van der Waals surface area (Å²) in [6.45, 7) is 1.70. The Morgan fingerprint density at radius 1 is 1.11 bits per heavy atom. The summed E-state index contributed by atoms with van der Waals surface area (Å²) in [4.78, 5) is 11.7. The number of benzene rings is 1. The van der Waals surface area contributed by atoms with Gasteiger partial charge in [0.2, 0.25) is 0 Å². The molecule has 0 radical (unpaired) electrons. The van der Waals surface area contributed by atoms with Gasteiger partial charge in [-0.1, -0.05) is 36.9 Å². The molecular weight excluding hydrogens is 256 g/mol. The number of aryl methyl sites for hydroxylation is 1. The van der Waals surface area contributed by atoms with Crippen LogP contribution in [0.2, 0.25) is 5.02 Å². The van der Waals surface area contributed by atoms with Gasteiger partial charge in [0.25, 0.3) is 0 Å². The lowest BCUT2D eigenvalue weighted by Gasteiger charge is -2.24. The van der Waals surface area contributed by atoms with Crippen LogP contribution in [-0.4, -0.2) is 5.78 Å². The Bertz CT molecular complexity index is 500. The van der Waals surface area contributed by atoms with Crippen LogP contribution in [0.15, 0.2) is 12.1 Å². The molecular formula is C17H21ClO. The van der Waals surface area contributed by atoms with Crippen molar-refractivity contribution >= 4 is 17.4 Å². The largest absolute Gasteiger partial charge is 0.299 e. The van der Waals surface area contributed by atoms with E-state index in [1.54, 1.807) is 6.92 Å². The van der Waals surface area contributed by atoms with E-state index in [2.05, 4.69) is 12.1 Å². The number of halogens is 1. The van der Waals surface area contributed by atoms with Gasteiger partial charge in [-0.15, -0.1) is 0 Å². The van der Waals surface area contributed by atoms with E-state index >= 15 is 0 Å². The first kappa shape index (κ1) is 13.2. The average Bonchev–Trinajstić information content (AvgIpc) is 2.81. The molecule has 1 fully saturated rings. The van der Waals surface area contributed by atoms with Gasteiger partial charge >= 0.3 is 0 Å². The number of Topliss-reactive ketones (excluding diaryl/α,β-unsaturated/α-hetero) is 1. The van der Waals surface area contributed by atoms with Crippen LogP contribution in [0, 0.1) is 0 Å². The summed E-state index contributed by atoms with van der Waals surface area (Å²) in [5.74, 6) is 1.01. The second-order valence-electron chi connectivity index (χ2n) is 6.11. The standard InChI is InChI=1S/C17H21ClO/c1-11(19)14-8-7-13-9-16(17(18)10-15(13)14)12-5-3-2-4-6-12/h9-10,12,14H,2-8H2,1H3. The molecule has 19 heavy (non-hydrogen) atoms. The maximum atomic E-state index is 11.7. The van der Waals surface area contributed by atoms with Gasteiger partial charge in [-0.25, -0.2) is 0 Å². The van der Waals surface area contributed by atoms with E-state index in [9.17, 15) is 4.79 Å². The summed E-state index contributed by atoms with van der Waals surface area (Å²) in [5.41, 5.74) is 3.89. The number of rotatable bonds is 2. The average molecular weight is 277 g/mol. The summed E-state index contributed by atoms with van der Waals surface area (Å²) in [5, 5.41) is 0.888. The molecule has 0 saturated heterocycles. The molecule has 1 saturated carbocycles. The highest BCUT2D eigenvalue weighted by molar-refractivity contribution is 6.31. The summed E-state index contributed by atoms with van der Waals surface area (Å²) < 4.78 is 0. The van der Waals surface area contributed by atoms with Crippen molar-refractivity contribution in [2.45, 2.75) is 63.7 Å². The number of hydrogen-bond acceptors (Lipinski definition) is 1. The zero-order valence-corrected chi connectivity index (χ0v) is 12.3. The van der Waals surface area contributed by atoms with E-state index in [0.29, 0.717) is 5.92 Å². The number of carbonyl (C=O) groups is 1. The van der Waals surface area contributed by atoms with Crippen molar-refractivity contribution in [3.8, 4) is 0 Å². The summed E-state index contributed by atoms with van der Waals surface area (Å²) in [6.07, 6.45) is 8.57. The minimum absolute atomic E-state index is 0.0907. The van der Waals surface area contributed by atoms with Crippen LogP contribution >= 0.6 is 11.6 Å². The molecule has 0 bridgehead atoms. The van der Waals surface area contributed by atoms with Gasteiger partial charge in [0.05, 0.1) is 0 Å². The minimum Gasteiger partial charge on any atom is -0.299 e. The molecule has 1 unspecified atom stereocenters. The highest BCUT2D eigenvalue weighted by atomic mass is 35.5. The van der Waals surface area contributed by atoms with Gasteiger partial charge in [-0.3, -0.25) is 4.79 Å². The topological polar surface area (TPSA) is 17.1 Å². The van der Waals surface area contributed by atoms with Crippen molar-refractivity contribution in [1.82, 2.24) is 0 Å². The lowest BCUT2D eigenvalue weighted by atomic mass is 9.83. The van der Waals surface area contributed by atoms with Crippen molar-refractivity contribution in [2.24, 2.45) is 0 Å². The predicted molar refractivity (Wildman–Crippen MR) is 79.0 cm³/mol. The Kier molecular flexibility index (Phi) is 3.66. The molecule has 3 rings (SSSR count). The molecule has 2 aliphatic carbocycles. The van der Waals surface area contributed by atoms with Gasteiger partial charge in [0.1, 0.15) is 5.78 Å². The fraction of sp³-hybridized carbons (Fsp3) is 0.588. The van der Waals surface area contributed by atoms with E-state index in [1.165, 1.54) is 48.8 Å². The van der Waals surface area contributed by atoms with Crippen LogP contribution in [-0.2, 0) is 11.2 Å². The summed E-state index contributed by atoms with van der Waals surface area (Å²) in [6, 6.07) is 4.39. The first-order valence-corrected chi connectivity index (χ1v) is 7.87. The van der Waals surface area contributed by atoms with E-state index in [4.69, 9.17) is 11.6 Å². The van der Waals surface area contributed by atoms with Gasteiger partial charge in [0, 0.05) is 10.9 Å². The molecule has 0 N–H and O–H groups in total. The molecule has 0 aliphatic heterocycles. The summed E-state index contributed by atoms with van der Waals surface area (Å²) >= 11 is 6.50. The highest BCUT2D eigenvalue weighted by Crippen LogP contribution is 2.42. The van der Waals surface area contributed by atoms with Crippen LogP contribution in [0.3, 0.4) is 0 Å². The van der Waals surface area contributed by atoms with E-state index in [1.807, 2.05) is 0 Å². The van der Waals surface area contributed by atoms with Crippen molar-refractivity contribution in [3.63, 3.8) is 0 Å². The number of carbonyl (C=O) groups excluding carboxylic acids is 1. The fourth-order valence-electron chi connectivity index (χ4n) is 3.80.